The second kappa shape index (κ2) is 9.36. The highest BCUT2D eigenvalue weighted by atomic mass is 16.5. The molecule has 4 rings (SSSR count). The van der Waals surface area contributed by atoms with E-state index in [4.69, 9.17) is 13.9 Å². The number of ether oxygens (including phenoxy) is 2. The third-order valence-electron chi connectivity index (χ3n) is 4.10. The summed E-state index contributed by atoms with van der Waals surface area (Å²) in [4.78, 5) is 24.6. The lowest BCUT2D eigenvalue weighted by Gasteiger charge is -2.10. The van der Waals surface area contributed by atoms with Gasteiger partial charge in [-0.1, -0.05) is 53.6 Å². The summed E-state index contributed by atoms with van der Waals surface area (Å²) >= 11 is 0. The van der Waals surface area contributed by atoms with Gasteiger partial charge in [0.15, 0.2) is 6.61 Å². The van der Waals surface area contributed by atoms with Crippen molar-refractivity contribution >= 4 is 17.9 Å². The van der Waals surface area contributed by atoms with Crippen LogP contribution in [0.1, 0.15) is 10.4 Å². The van der Waals surface area contributed by atoms with Gasteiger partial charge < -0.3 is 13.9 Å². The lowest BCUT2D eigenvalue weighted by molar-refractivity contribution is -0.119. The van der Waals surface area contributed by atoms with Crippen LogP contribution in [0.2, 0.25) is 0 Å². The van der Waals surface area contributed by atoms with E-state index < -0.39 is 18.5 Å². The van der Waals surface area contributed by atoms with Gasteiger partial charge in [-0.05, 0) is 36.4 Å². The van der Waals surface area contributed by atoms with E-state index in [1.165, 1.54) is 0 Å². The summed E-state index contributed by atoms with van der Waals surface area (Å²) in [6.45, 7) is -0.526. The summed E-state index contributed by atoms with van der Waals surface area (Å²) in [5.74, 6) is -0.148. The van der Waals surface area contributed by atoms with Crippen molar-refractivity contribution in [2.45, 2.75) is 0 Å². The molecule has 1 aromatic heterocycles. The summed E-state index contributed by atoms with van der Waals surface area (Å²) in [7, 11) is 0. The number of hydrogen-bond donors (Lipinski definition) is 1. The molecule has 8 nitrogen and oxygen atoms in total. The Hall–Kier alpha value is -4.46. The number of amides is 1. The van der Waals surface area contributed by atoms with E-state index in [0.717, 1.165) is 5.56 Å². The SMILES string of the molecule is O=C(COC(=O)c1ccccc1Oc1ccccc1)Nc1nnc(-c2ccccc2)o1. The van der Waals surface area contributed by atoms with Crippen molar-refractivity contribution in [2.24, 2.45) is 0 Å². The lowest BCUT2D eigenvalue weighted by Crippen LogP contribution is -2.21. The van der Waals surface area contributed by atoms with Crippen LogP contribution in [0.5, 0.6) is 11.5 Å². The second-order valence-corrected chi connectivity index (χ2v) is 6.31. The number of aromatic nitrogens is 2. The Labute approximate surface area is 177 Å². The second-order valence-electron chi connectivity index (χ2n) is 6.31. The molecule has 8 heteroatoms. The van der Waals surface area contributed by atoms with Crippen molar-refractivity contribution in [2.75, 3.05) is 11.9 Å². The average Bonchev–Trinajstić information content (AvgIpc) is 3.27. The predicted octanol–water partition coefficient (Wildman–Crippen LogP) is 4.32. The minimum absolute atomic E-state index is 0.0901. The normalized spacial score (nSPS) is 10.3. The largest absolute Gasteiger partial charge is 0.456 e. The molecule has 0 radical (unpaired) electrons. The van der Waals surface area contributed by atoms with Crippen LogP contribution in [-0.2, 0) is 9.53 Å². The number of anilines is 1. The molecule has 0 bridgehead atoms. The van der Waals surface area contributed by atoms with Gasteiger partial charge in [0.2, 0.25) is 5.89 Å². The van der Waals surface area contributed by atoms with E-state index in [1.807, 2.05) is 36.4 Å². The standard InChI is InChI=1S/C23H17N3O5/c27-20(24-23-26-25-21(31-23)16-9-3-1-4-10-16)15-29-22(28)18-13-7-8-14-19(18)30-17-11-5-2-6-12-17/h1-14H,15H2,(H,24,26,27). The molecule has 0 aliphatic heterocycles. The zero-order valence-electron chi connectivity index (χ0n) is 16.2. The fourth-order valence-electron chi connectivity index (χ4n) is 2.68. The quantitative estimate of drug-likeness (QED) is 0.448. The zero-order valence-corrected chi connectivity index (χ0v) is 16.2. The highest BCUT2D eigenvalue weighted by Gasteiger charge is 2.17. The molecule has 1 N–H and O–H groups in total. The Morgan fingerprint density at radius 1 is 0.839 bits per heavy atom. The number of hydrogen-bond acceptors (Lipinski definition) is 7. The van der Waals surface area contributed by atoms with Crippen LogP contribution in [0, 0.1) is 0 Å². The van der Waals surface area contributed by atoms with Gasteiger partial charge in [-0.2, -0.15) is 0 Å². The molecule has 154 valence electrons. The molecule has 1 heterocycles. The molecular formula is C23H17N3O5. The van der Waals surface area contributed by atoms with Crippen LogP contribution in [0.25, 0.3) is 11.5 Å². The number of carbonyl (C=O) groups is 2. The summed E-state index contributed by atoms with van der Waals surface area (Å²) in [5.41, 5.74) is 0.917. The van der Waals surface area contributed by atoms with Crippen LogP contribution >= 0.6 is 0 Å². The monoisotopic (exact) mass is 415 g/mol. The first kappa shape index (κ1) is 19.8. The van der Waals surface area contributed by atoms with Gasteiger partial charge in [-0.15, -0.1) is 5.10 Å². The van der Waals surface area contributed by atoms with E-state index in [0.29, 0.717) is 11.5 Å². The van der Waals surface area contributed by atoms with Crippen molar-refractivity contribution in [3.05, 3.63) is 90.5 Å². The topological polar surface area (TPSA) is 104 Å². The Morgan fingerprint density at radius 3 is 2.29 bits per heavy atom. The van der Waals surface area contributed by atoms with Gasteiger partial charge in [0, 0.05) is 5.56 Å². The van der Waals surface area contributed by atoms with Gasteiger partial charge in [0.1, 0.15) is 17.1 Å². The summed E-state index contributed by atoms with van der Waals surface area (Å²) in [5, 5.41) is 10.1. The Balaban J connectivity index is 1.35. The molecule has 0 unspecified atom stereocenters. The molecule has 0 atom stereocenters. The van der Waals surface area contributed by atoms with Gasteiger partial charge in [-0.25, -0.2) is 4.79 Å². The number of nitrogens with one attached hydrogen (secondary N) is 1. The van der Waals surface area contributed by atoms with Crippen molar-refractivity contribution in [1.82, 2.24) is 10.2 Å². The first-order valence-corrected chi connectivity index (χ1v) is 9.37. The average molecular weight is 415 g/mol. The van der Waals surface area contributed by atoms with Gasteiger partial charge in [0.05, 0.1) is 0 Å². The van der Waals surface area contributed by atoms with E-state index in [9.17, 15) is 9.59 Å². The Morgan fingerprint density at radius 2 is 1.52 bits per heavy atom. The zero-order chi connectivity index (χ0) is 21.5. The molecule has 0 aliphatic carbocycles. The van der Waals surface area contributed by atoms with E-state index in [2.05, 4.69) is 15.5 Å². The number of esters is 1. The van der Waals surface area contributed by atoms with Crippen molar-refractivity contribution < 1.29 is 23.5 Å². The fraction of sp³-hybridized carbons (Fsp3) is 0.0435. The van der Waals surface area contributed by atoms with Gasteiger partial charge >= 0.3 is 12.0 Å². The molecule has 1 amide bonds. The Bertz CT molecular complexity index is 1180. The van der Waals surface area contributed by atoms with Crippen LogP contribution in [0.15, 0.2) is 89.3 Å². The first-order chi connectivity index (χ1) is 15.2. The third kappa shape index (κ3) is 5.13. The number of benzene rings is 3. The molecule has 31 heavy (non-hydrogen) atoms. The predicted molar refractivity (Wildman–Crippen MR) is 112 cm³/mol. The van der Waals surface area contributed by atoms with Crippen molar-refractivity contribution in [1.29, 1.82) is 0 Å². The minimum Gasteiger partial charge on any atom is -0.456 e. The smallest absolute Gasteiger partial charge is 0.342 e. The van der Waals surface area contributed by atoms with Crippen LogP contribution in [-0.4, -0.2) is 28.7 Å². The molecule has 4 aromatic rings. The highest BCUT2D eigenvalue weighted by molar-refractivity contribution is 5.96. The van der Waals surface area contributed by atoms with Gasteiger partial charge in [-0.3, -0.25) is 10.1 Å². The van der Waals surface area contributed by atoms with Crippen LogP contribution in [0.4, 0.5) is 6.01 Å². The number of nitrogens with zero attached hydrogens (tertiary/aromatic N) is 2. The molecule has 3 aromatic carbocycles. The minimum atomic E-state index is -0.697. The Kier molecular flexibility index (Phi) is 5.99. The number of rotatable bonds is 7. The summed E-state index contributed by atoms with van der Waals surface area (Å²) in [6, 6.07) is 24.7. The van der Waals surface area contributed by atoms with E-state index in [-0.39, 0.29) is 17.5 Å². The molecule has 0 aliphatic rings. The fourth-order valence-corrected chi connectivity index (χ4v) is 2.68. The maximum absolute atomic E-state index is 12.5. The third-order valence-corrected chi connectivity index (χ3v) is 4.10. The summed E-state index contributed by atoms with van der Waals surface area (Å²) < 4.78 is 16.3. The van der Waals surface area contributed by atoms with E-state index >= 15 is 0 Å². The maximum atomic E-state index is 12.5. The molecular weight excluding hydrogens is 398 g/mol. The molecule has 0 fully saturated rings. The number of carbonyl (C=O) groups excluding carboxylic acids is 2. The first-order valence-electron chi connectivity index (χ1n) is 9.37. The van der Waals surface area contributed by atoms with Crippen molar-refractivity contribution in [3.8, 4) is 23.0 Å². The lowest BCUT2D eigenvalue weighted by atomic mass is 10.2. The van der Waals surface area contributed by atoms with Gasteiger partial charge in [0.25, 0.3) is 5.91 Å². The maximum Gasteiger partial charge on any atom is 0.342 e. The molecule has 0 saturated heterocycles. The molecule has 0 saturated carbocycles. The highest BCUT2D eigenvalue weighted by Crippen LogP contribution is 2.25. The van der Waals surface area contributed by atoms with Crippen LogP contribution < -0.4 is 10.1 Å². The van der Waals surface area contributed by atoms with Crippen molar-refractivity contribution in [3.63, 3.8) is 0 Å². The summed E-state index contributed by atoms with van der Waals surface area (Å²) in [6.07, 6.45) is 0. The number of para-hydroxylation sites is 2. The van der Waals surface area contributed by atoms with E-state index in [1.54, 1.807) is 48.5 Å². The molecule has 0 spiro atoms. The van der Waals surface area contributed by atoms with Crippen LogP contribution in [0.3, 0.4) is 0 Å².